The van der Waals surface area contributed by atoms with Crippen molar-refractivity contribution >= 4 is 23.3 Å². The molecule has 2 aromatic heterocycles. The number of carboxylic acids is 1. The van der Waals surface area contributed by atoms with E-state index < -0.39 is 17.7 Å². The quantitative estimate of drug-likeness (QED) is 0.513. The maximum absolute atomic E-state index is 13.0. The lowest BCUT2D eigenvalue weighted by Crippen LogP contribution is -2.04. The van der Waals surface area contributed by atoms with Crippen molar-refractivity contribution in [3.05, 3.63) is 78.0 Å². The number of hydrogen-bond donors (Lipinski definition) is 2. The van der Waals surface area contributed by atoms with E-state index in [1.54, 1.807) is 36.5 Å². The van der Waals surface area contributed by atoms with E-state index in [1.807, 2.05) is 0 Å². The highest BCUT2D eigenvalue weighted by Gasteiger charge is 2.30. The van der Waals surface area contributed by atoms with Gasteiger partial charge in [-0.25, -0.2) is 9.31 Å². The van der Waals surface area contributed by atoms with E-state index in [9.17, 15) is 18.0 Å². The Kier molecular flexibility index (Phi) is 4.42. The zero-order valence-corrected chi connectivity index (χ0v) is 14.7. The number of halogens is 3. The maximum atomic E-state index is 13.0. The van der Waals surface area contributed by atoms with Gasteiger partial charge >= 0.3 is 12.1 Å². The van der Waals surface area contributed by atoms with Crippen LogP contribution in [0, 0.1) is 0 Å². The second-order valence-electron chi connectivity index (χ2n) is 6.21. The first-order valence-electron chi connectivity index (χ1n) is 8.45. The summed E-state index contributed by atoms with van der Waals surface area (Å²) in [5.74, 6) is -0.805. The van der Waals surface area contributed by atoms with E-state index in [0.717, 1.165) is 12.1 Å². The minimum absolute atomic E-state index is 0.144. The molecule has 9 heteroatoms. The van der Waals surface area contributed by atoms with Gasteiger partial charge in [-0.2, -0.15) is 18.2 Å². The largest absolute Gasteiger partial charge is 0.478 e. The maximum Gasteiger partial charge on any atom is 0.416 e. The third-order valence-corrected chi connectivity index (χ3v) is 4.25. The monoisotopic (exact) mass is 398 g/mol. The number of carbonyl (C=O) groups is 1. The van der Waals surface area contributed by atoms with Crippen LogP contribution in [0.2, 0.25) is 0 Å². The summed E-state index contributed by atoms with van der Waals surface area (Å²) in [7, 11) is 0. The van der Waals surface area contributed by atoms with Crippen molar-refractivity contribution in [2.45, 2.75) is 6.18 Å². The Hall–Kier alpha value is -3.88. The summed E-state index contributed by atoms with van der Waals surface area (Å²) in [6.07, 6.45) is -2.80. The highest BCUT2D eigenvalue weighted by molar-refractivity contribution is 5.88. The van der Waals surface area contributed by atoms with Gasteiger partial charge in [-0.3, -0.25) is 0 Å². The number of nitrogens with one attached hydrogen (secondary N) is 1. The topological polar surface area (TPSA) is 79.5 Å². The number of nitrogens with zero attached hydrogens (tertiary/aromatic N) is 3. The molecule has 0 aliphatic carbocycles. The van der Waals surface area contributed by atoms with Crippen molar-refractivity contribution in [2.75, 3.05) is 5.32 Å². The number of alkyl halides is 3. The van der Waals surface area contributed by atoms with Crippen LogP contribution in [0.3, 0.4) is 0 Å². The van der Waals surface area contributed by atoms with Crippen molar-refractivity contribution < 1.29 is 23.1 Å². The molecule has 0 aliphatic rings. The summed E-state index contributed by atoms with van der Waals surface area (Å²) >= 11 is 0. The minimum atomic E-state index is -4.44. The Morgan fingerprint density at radius 1 is 1.03 bits per heavy atom. The smallest absolute Gasteiger partial charge is 0.416 e. The predicted molar refractivity (Wildman–Crippen MR) is 100 cm³/mol. The lowest BCUT2D eigenvalue weighted by Gasteiger charge is -2.09. The Bertz CT molecular complexity index is 1200. The molecule has 0 fully saturated rings. The molecule has 0 saturated carbocycles. The number of aromatic nitrogens is 3. The second kappa shape index (κ2) is 6.93. The summed E-state index contributed by atoms with van der Waals surface area (Å²) in [5.41, 5.74) is 1.23. The molecule has 4 aromatic rings. The zero-order valence-electron chi connectivity index (χ0n) is 14.7. The molecule has 0 saturated heterocycles. The average Bonchev–Trinajstić information content (AvgIpc) is 3.10. The zero-order chi connectivity index (χ0) is 20.6. The van der Waals surface area contributed by atoms with Crippen LogP contribution >= 0.6 is 0 Å². The van der Waals surface area contributed by atoms with Crippen LogP contribution in [0.1, 0.15) is 15.9 Å². The van der Waals surface area contributed by atoms with Crippen LogP contribution in [0.25, 0.3) is 16.8 Å². The fraction of sp³-hybridized carbons (Fsp3) is 0.0500. The molecule has 0 bridgehead atoms. The van der Waals surface area contributed by atoms with Crippen LogP contribution in [-0.4, -0.2) is 25.7 Å². The number of benzene rings is 2. The predicted octanol–water partition coefficient (Wildman–Crippen LogP) is 4.86. The molecule has 4 rings (SSSR count). The van der Waals surface area contributed by atoms with Gasteiger partial charge in [0.05, 0.1) is 11.1 Å². The minimum Gasteiger partial charge on any atom is -0.478 e. The summed E-state index contributed by atoms with van der Waals surface area (Å²) in [5, 5.41) is 16.2. The number of aromatic carboxylic acids is 1. The van der Waals surface area contributed by atoms with E-state index in [4.69, 9.17) is 5.11 Å². The summed E-state index contributed by atoms with van der Waals surface area (Å²) in [4.78, 5) is 15.3. The normalized spacial score (nSPS) is 11.6. The van der Waals surface area contributed by atoms with E-state index >= 15 is 0 Å². The molecule has 29 heavy (non-hydrogen) atoms. The van der Waals surface area contributed by atoms with Gasteiger partial charge in [-0.1, -0.05) is 12.1 Å². The molecule has 146 valence electrons. The van der Waals surface area contributed by atoms with Crippen molar-refractivity contribution in [3.63, 3.8) is 0 Å². The molecule has 0 aliphatic heterocycles. The Balaban J connectivity index is 1.70. The number of anilines is 2. The van der Waals surface area contributed by atoms with Gasteiger partial charge in [0.1, 0.15) is 0 Å². The molecule has 0 atom stereocenters. The summed E-state index contributed by atoms with van der Waals surface area (Å²) in [6, 6.07) is 14.4. The van der Waals surface area contributed by atoms with Crippen LogP contribution < -0.4 is 5.32 Å². The summed E-state index contributed by atoms with van der Waals surface area (Å²) < 4.78 is 40.6. The van der Waals surface area contributed by atoms with E-state index in [-0.39, 0.29) is 11.5 Å². The van der Waals surface area contributed by atoms with Gasteiger partial charge < -0.3 is 10.4 Å². The molecular formula is C20H13F3N4O2. The summed E-state index contributed by atoms with van der Waals surface area (Å²) in [6.45, 7) is 0. The highest BCUT2D eigenvalue weighted by Crippen LogP contribution is 2.33. The lowest BCUT2D eigenvalue weighted by atomic mass is 10.0. The van der Waals surface area contributed by atoms with Gasteiger partial charge in [-0.15, -0.1) is 5.10 Å². The Morgan fingerprint density at radius 3 is 2.48 bits per heavy atom. The van der Waals surface area contributed by atoms with Gasteiger partial charge in [-0.05, 0) is 54.1 Å². The van der Waals surface area contributed by atoms with Crippen LogP contribution in [0.4, 0.5) is 24.8 Å². The van der Waals surface area contributed by atoms with Crippen LogP contribution in [0.5, 0.6) is 0 Å². The fourth-order valence-electron chi connectivity index (χ4n) is 2.87. The third kappa shape index (κ3) is 3.75. The first-order valence-corrected chi connectivity index (χ1v) is 8.45. The molecule has 2 N–H and O–H groups in total. The van der Waals surface area contributed by atoms with E-state index in [2.05, 4.69) is 15.4 Å². The molecule has 0 amide bonds. The lowest BCUT2D eigenvalue weighted by molar-refractivity contribution is -0.137. The van der Waals surface area contributed by atoms with Gasteiger partial charge in [0.2, 0.25) is 5.95 Å². The number of rotatable bonds is 4. The molecule has 2 aromatic carbocycles. The Morgan fingerprint density at radius 2 is 1.79 bits per heavy atom. The van der Waals surface area contributed by atoms with Crippen molar-refractivity contribution in [1.29, 1.82) is 0 Å². The standard InChI is InChI=1S/C20H13F3N4O2/c21-20(22,23)14-4-1-3-13(11-14)16-5-2-10-27-17(16)25-19(26-27)24-15-8-6-12(7-9-15)18(28)29/h1-11H,(H,24,26)(H,28,29). The molecule has 0 unspecified atom stereocenters. The van der Waals surface area contributed by atoms with Crippen molar-refractivity contribution in [2.24, 2.45) is 0 Å². The number of carboxylic acid groups (broad SMARTS) is 1. The third-order valence-electron chi connectivity index (χ3n) is 4.25. The fourth-order valence-corrected chi connectivity index (χ4v) is 2.87. The average molecular weight is 398 g/mol. The SMILES string of the molecule is O=C(O)c1ccc(Nc2nc3c(-c4cccc(C(F)(F)F)c4)cccn3n2)cc1. The number of fused-ring (bicyclic) bond motifs is 1. The van der Waals surface area contributed by atoms with Gasteiger partial charge in [0.15, 0.2) is 5.65 Å². The number of hydrogen-bond acceptors (Lipinski definition) is 4. The second-order valence-corrected chi connectivity index (χ2v) is 6.21. The first-order chi connectivity index (χ1) is 13.8. The molecular weight excluding hydrogens is 385 g/mol. The van der Waals surface area contributed by atoms with E-state index in [1.165, 1.54) is 22.7 Å². The molecule has 2 heterocycles. The Labute approximate surface area is 162 Å². The van der Waals surface area contributed by atoms with Crippen LogP contribution in [0.15, 0.2) is 66.9 Å². The molecule has 0 spiro atoms. The van der Waals surface area contributed by atoms with Crippen molar-refractivity contribution in [3.8, 4) is 11.1 Å². The molecule has 6 nitrogen and oxygen atoms in total. The first kappa shape index (κ1) is 18.5. The van der Waals surface area contributed by atoms with Crippen LogP contribution in [-0.2, 0) is 6.18 Å². The van der Waals surface area contributed by atoms with Gasteiger partial charge in [0, 0.05) is 17.4 Å². The highest BCUT2D eigenvalue weighted by atomic mass is 19.4. The van der Waals surface area contributed by atoms with E-state index in [0.29, 0.717) is 22.5 Å². The van der Waals surface area contributed by atoms with Gasteiger partial charge in [0.25, 0.3) is 0 Å². The van der Waals surface area contributed by atoms with Crippen molar-refractivity contribution in [1.82, 2.24) is 14.6 Å². The number of pyridine rings is 1. The molecule has 0 radical (unpaired) electrons.